The lowest BCUT2D eigenvalue weighted by Gasteiger charge is -2.41. The van der Waals surface area contributed by atoms with E-state index in [4.69, 9.17) is 10.1 Å². The summed E-state index contributed by atoms with van der Waals surface area (Å²) >= 11 is 0. The predicted octanol–water partition coefficient (Wildman–Crippen LogP) is 4.05. The number of hydrogen-bond donors (Lipinski definition) is 2. The number of fused-ring (bicyclic) bond motifs is 2. The zero-order chi connectivity index (χ0) is 25.7. The second-order valence-electron chi connectivity index (χ2n) is 9.68. The fraction of sp³-hybridized carbons (Fsp3) is 0.214. The number of aromatic nitrogens is 3. The molecule has 0 amide bonds. The molecule has 6 rings (SSSR count). The van der Waals surface area contributed by atoms with Crippen LogP contribution in [0.4, 0.5) is 5.69 Å². The van der Waals surface area contributed by atoms with Crippen molar-refractivity contribution in [2.24, 2.45) is 5.14 Å². The Bertz CT molecular complexity index is 1720. The van der Waals surface area contributed by atoms with Gasteiger partial charge in [0.05, 0.1) is 11.1 Å². The molecule has 2 aromatic heterocycles. The van der Waals surface area contributed by atoms with Gasteiger partial charge in [0.1, 0.15) is 0 Å². The first-order valence-electron chi connectivity index (χ1n) is 12.3. The average Bonchev–Trinajstić information content (AvgIpc) is 3.31. The standard InChI is InChI=1S/C28H28N6O2S/c1-18-13-30-14-19(2)34(18)22-9-7-20(8-10-22)21-15-31-28-26(16-32-33(28)17-21)24-11-12-27(37(29,35)36)25-6-4-3-5-23(24)25/h3-12,15-19,30H,13-14H2,1-2H3,(H2,29,35,36)/t18-,19+. The first-order chi connectivity index (χ1) is 17.8. The summed E-state index contributed by atoms with van der Waals surface area (Å²) < 4.78 is 26.0. The molecule has 8 nitrogen and oxygen atoms in total. The molecule has 0 radical (unpaired) electrons. The number of hydrogen-bond acceptors (Lipinski definition) is 6. The molecular weight excluding hydrogens is 484 g/mol. The Hall–Kier alpha value is -3.79. The Kier molecular flexibility index (Phi) is 5.71. The van der Waals surface area contributed by atoms with Gasteiger partial charge in [-0.1, -0.05) is 42.5 Å². The summed E-state index contributed by atoms with van der Waals surface area (Å²) in [6.07, 6.45) is 5.59. The Morgan fingerprint density at radius 3 is 2.27 bits per heavy atom. The third kappa shape index (κ3) is 4.15. The largest absolute Gasteiger partial charge is 0.364 e. The van der Waals surface area contributed by atoms with E-state index in [1.54, 1.807) is 35.0 Å². The van der Waals surface area contributed by atoms with Crippen LogP contribution in [0.3, 0.4) is 0 Å². The average molecular weight is 513 g/mol. The maximum atomic E-state index is 12.1. The first-order valence-corrected chi connectivity index (χ1v) is 13.8. The quantitative estimate of drug-likeness (QED) is 0.376. The molecule has 3 aromatic carbocycles. The van der Waals surface area contributed by atoms with Crippen LogP contribution in [-0.4, -0.2) is 48.2 Å². The fourth-order valence-electron chi connectivity index (χ4n) is 5.44. The minimum Gasteiger partial charge on any atom is -0.364 e. The zero-order valence-electron chi connectivity index (χ0n) is 20.7. The summed E-state index contributed by atoms with van der Waals surface area (Å²) in [5, 5.41) is 14.9. The van der Waals surface area contributed by atoms with E-state index in [1.165, 1.54) is 5.69 Å². The third-order valence-electron chi connectivity index (χ3n) is 7.17. The lowest BCUT2D eigenvalue weighted by atomic mass is 10.00. The van der Waals surface area contributed by atoms with Gasteiger partial charge in [0.15, 0.2) is 5.65 Å². The summed E-state index contributed by atoms with van der Waals surface area (Å²) in [5.74, 6) is 0. The van der Waals surface area contributed by atoms with Crippen LogP contribution in [0, 0.1) is 0 Å². The van der Waals surface area contributed by atoms with E-state index in [0.717, 1.165) is 40.7 Å². The normalized spacial score (nSPS) is 18.5. The van der Waals surface area contributed by atoms with Gasteiger partial charge in [-0.2, -0.15) is 5.10 Å². The molecule has 188 valence electrons. The van der Waals surface area contributed by atoms with E-state index < -0.39 is 10.0 Å². The van der Waals surface area contributed by atoms with E-state index in [0.29, 0.717) is 23.1 Å². The Morgan fingerprint density at radius 2 is 1.57 bits per heavy atom. The monoisotopic (exact) mass is 512 g/mol. The molecule has 1 aliphatic heterocycles. The van der Waals surface area contributed by atoms with Crippen molar-refractivity contribution in [3.05, 3.63) is 79.3 Å². The van der Waals surface area contributed by atoms with Crippen LogP contribution in [0.1, 0.15) is 13.8 Å². The molecule has 2 atom stereocenters. The van der Waals surface area contributed by atoms with Crippen molar-refractivity contribution < 1.29 is 8.42 Å². The summed E-state index contributed by atoms with van der Waals surface area (Å²) in [5.41, 5.74) is 5.61. The molecule has 0 aliphatic carbocycles. The lowest BCUT2D eigenvalue weighted by molar-refractivity contribution is 0.432. The number of nitrogens with two attached hydrogens (primary N) is 1. The van der Waals surface area contributed by atoms with Crippen LogP contribution in [0.25, 0.3) is 38.7 Å². The topological polar surface area (TPSA) is 106 Å². The Labute approximate surface area is 215 Å². The van der Waals surface area contributed by atoms with Crippen molar-refractivity contribution in [1.29, 1.82) is 0 Å². The van der Waals surface area contributed by atoms with Gasteiger partial charge >= 0.3 is 0 Å². The molecule has 0 bridgehead atoms. The van der Waals surface area contributed by atoms with Crippen molar-refractivity contribution >= 4 is 32.1 Å². The molecule has 1 saturated heterocycles. The number of primary sulfonamides is 1. The minimum absolute atomic E-state index is 0.103. The second-order valence-corrected chi connectivity index (χ2v) is 11.2. The Balaban J connectivity index is 1.37. The lowest BCUT2D eigenvalue weighted by Crippen LogP contribution is -2.55. The summed E-state index contributed by atoms with van der Waals surface area (Å²) in [7, 11) is -3.85. The highest BCUT2D eigenvalue weighted by molar-refractivity contribution is 7.89. The van der Waals surface area contributed by atoms with Crippen molar-refractivity contribution in [2.45, 2.75) is 30.8 Å². The van der Waals surface area contributed by atoms with Crippen molar-refractivity contribution in [2.75, 3.05) is 18.0 Å². The van der Waals surface area contributed by atoms with Gasteiger partial charge in [-0.25, -0.2) is 23.1 Å². The highest BCUT2D eigenvalue weighted by atomic mass is 32.2. The van der Waals surface area contributed by atoms with E-state index >= 15 is 0 Å². The van der Waals surface area contributed by atoms with Crippen LogP contribution in [0.2, 0.25) is 0 Å². The van der Waals surface area contributed by atoms with E-state index in [2.05, 4.69) is 53.4 Å². The van der Waals surface area contributed by atoms with Gasteiger partial charge in [0, 0.05) is 59.8 Å². The van der Waals surface area contributed by atoms with Gasteiger partial charge in [-0.3, -0.25) is 0 Å². The fourth-order valence-corrected chi connectivity index (χ4v) is 6.18. The molecule has 37 heavy (non-hydrogen) atoms. The number of rotatable bonds is 4. The van der Waals surface area contributed by atoms with Gasteiger partial charge in [-0.05, 0) is 48.6 Å². The Morgan fingerprint density at radius 1 is 0.865 bits per heavy atom. The summed E-state index contributed by atoms with van der Waals surface area (Å²) in [6, 6.07) is 20.1. The maximum Gasteiger partial charge on any atom is 0.238 e. The molecular formula is C28H28N6O2S. The molecule has 0 saturated carbocycles. The molecule has 3 N–H and O–H groups in total. The number of benzene rings is 3. The van der Waals surface area contributed by atoms with Gasteiger partial charge in [0.2, 0.25) is 10.0 Å². The number of anilines is 1. The molecule has 3 heterocycles. The summed E-state index contributed by atoms with van der Waals surface area (Å²) in [6.45, 7) is 6.45. The molecule has 9 heteroatoms. The second kappa shape index (κ2) is 8.95. The smallest absolute Gasteiger partial charge is 0.238 e. The van der Waals surface area contributed by atoms with Crippen molar-refractivity contribution in [3.8, 4) is 22.3 Å². The number of sulfonamides is 1. The van der Waals surface area contributed by atoms with Crippen LogP contribution < -0.4 is 15.4 Å². The molecule has 1 fully saturated rings. The zero-order valence-corrected chi connectivity index (χ0v) is 21.5. The summed E-state index contributed by atoms with van der Waals surface area (Å²) in [4.78, 5) is 7.32. The SMILES string of the molecule is C[C@@H]1CNC[C@H](C)N1c1ccc(-c2cnc3c(-c4ccc(S(N)(=O)=O)c5ccccc45)cnn3c2)cc1. The third-order valence-corrected chi connectivity index (χ3v) is 8.13. The highest BCUT2D eigenvalue weighted by Gasteiger charge is 2.24. The van der Waals surface area contributed by atoms with Crippen LogP contribution in [0.15, 0.2) is 84.1 Å². The van der Waals surface area contributed by atoms with E-state index in [1.807, 2.05) is 24.5 Å². The van der Waals surface area contributed by atoms with Gasteiger partial charge in [-0.15, -0.1) is 0 Å². The highest BCUT2D eigenvalue weighted by Crippen LogP contribution is 2.34. The van der Waals surface area contributed by atoms with E-state index in [9.17, 15) is 8.42 Å². The molecule has 5 aromatic rings. The maximum absolute atomic E-state index is 12.1. The van der Waals surface area contributed by atoms with E-state index in [-0.39, 0.29) is 4.90 Å². The van der Waals surface area contributed by atoms with Crippen molar-refractivity contribution in [1.82, 2.24) is 19.9 Å². The number of nitrogens with zero attached hydrogens (tertiary/aromatic N) is 4. The molecule has 1 aliphatic rings. The molecule has 0 spiro atoms. The minimum atomic E-state index is -3.85. The number of piperazine rings is 1. The number of nitrogens with one attached hydrogen (secondary N) is 1. The van der Waals surface area contributed by atoms with Crippen LogP contribution in [0.5, 0.6) is 0 Å². The van der Waals surface area contributed by atoms with Gasteiger partial charge in [0.25, 0.3) is 0 Å². The first kappa shape index (κ1) is 23.6. The van der Waals surface area contributed by atoms with Crippen LogP contribution in [-0.2, 0) is 10.0 Å². The van der Waals surface area contributed by atoms with Crippen LogP contribution >= 0.6 is 0 Å². The molecule has 0 unspecified atom stereocenters. The van der Waals surface area contributed by atoms with Crippen molar-refractivity contribution in [3.63, 3.8) is 0 Å². The predicted molar refractivity (Wildman–Crippen MR) is 147 cm³/mol. The van der Waals surface area contributed by atoms with Gasteiger partial charge < -0.3 is 10.2 Å².